The van der Waals surface area contributed by atoms with Crippen molar-refractivity contribution in [3.05, 3.63) is 59.2 Å². The van der Waals surface area contributed by atoms with Crippen LogP contribution in [0.4, 0.5) is 10.1 Å². The summed E-state index contributed by atoms with van der Waals surface area (Å²) in [5.74, 6) is -0.308. The fraction of sp³-hybridized carbons (Fsp3) is 0.267. The molecule has 0 aliphatic carbocycles. The lowest BCUT2D eigenvalue weighted by atomic mass is 10.1. The lowest BCUT2D eigenvalue weighted by Gasteiger charge is -2.17. The maximum atomic E-state index is 12.8. The number of pyridine rings is 1. The number of anilines is 1. The maximum Gasteiger partial charge on any atom is 0.141 e. The van der Waals surface area contributed by atoms with Crippen LogP contribution in [0, 0.1) is 19.7 Å². The van der Waals surface area contributed by atoms with Gasteiger partial charge < -0.3 is 5.32 Å². The molecule has 0 saturated heterocycles. The number of hydrogen-bond acceptors (Lipinski definition) is 2. The van der Waals surface area contributed by atoms with E-state index in [1.165, 1.54) is 23.4 Å². The average molecular weight is 244 g/mol. The normalized spacial score (nSPS) is 12.2. The van der Waals surface area contributed by atoms with Crippen molar-refractivity contribution in [1.82, 2.24) is 4.98 Å². The van der Waals surface area contributed by atoms with Crippen molar-refractivity contribution in [2.24, 2.45) is 0 Å². The Hall–Kier alpha value is -1.90. The molecule has 0 spiro atoms. The van der Waals surface area contributed by atoms with Gasteiger partial charge >= 0.3 is 0 Å². The van der Waals surface area contributed by atoms with Crippen molar-refractivity contribution in [3.8, 4) is 0 Å². The Morgan fingerprint density at radius 2 is 1.94 bits per heavy atom. The molecule has 18 heavy (non-hydrogen) atoms. The predicted octanol–water partition coefficient (Wildman–Crippen LogP) is 4.01. The Kier molecular flexibility index (Phi) is 3.60. The summed E-state index contributed by atoms with van der Waals surface area (Å²) in [4.78, 5) is 4.08. The van der Waals surface area contributed by atoms with Gasteiger partial charge in [-0.1, -0.05) is 17.7 Å². The minimum atomic E-state index is -0.308. The molecule has 3 heteroatoms. The van der Waals surface area contributed by atoms with Crippen molar-refractivity contribution in [3.63, 3.8) is 0 Å². The van der Waals surface area contributed by atoms with E-state index in [0.717, 1.165) is 11.4 Å². The molecule has 1 aromatic heterocycles. The third kappa shape index (κ3) is 2.86. The van der Waals surface area contributed by atoms with E-state index < -0.39 is 0 Å². The number of hydrogen-bond donors (Lipinski definition) is 1. The second-order valence-corrected chi connectivity index (χ2v) is 4.59. The van der Waals surface area contributed by atoms with Gasteiger partial charge in [-0.2, -0.15) is 0 Å². The standard InChI is InChI=1S/C15H17FN2/c1-10-4-6-14(11(2)8-10)18-12(3)15-7-5-13(16)9-17-15/h4-9,12,18H,1-3H3. The van der Waals surface area contributed by atoms with E-state index in [9.17, 15) is 4.39 Å². The molecule has 1 atom stereocenters. The number of nitrogens with zero attached hydrogens (tertiary/aromatic N) is 1. The Balaban J connectivity index is 2.15. The largest absolute Gasteiger partial charge is 0.377 e. The van der Waals surface area contributed by atoms with Crippen LogP contribution in [0.5, 0.6) is 0 Å². The fourth-order valence-electron chi connectivity index (χ4n) is 1.93. The highest BCUT2D eigenvalue weighted by Crippen LogP contribution is 2.21. The van der Waals surface area contributed by atoms with Gasteiger partial charge in [0.2, 0.25) is 0 Å². The van der Waals surface area contributed by atoms with Gasteiger partial charge in [-0.3, -0.25) is 4.98 Å². The smallest absolute Gasteiger partial charge is 0.141 e. The van der Waals surface area contributed by atoms with E-state index in [1.807, 2.05) is 6.92 Å². The Labute approximate surface area is 107 Å². The number of nitrogens with one attached hydrogen (secondary N) is 1. The van der Waals surface area contributed by atoms with Gasteiger partial charge in [0.05, 0.1) is 17.9 Å². The first-order valence-electron chi connectivity index (χ1n) is 6.01. The molecule has 1 aromatic carbocycles. The molecule has 1 heterocycles. The summed E-state index contributed by atoms with van der Waals surface area (Å²) in [6.07, 6.45) is 1.25. The first kappa shape index (κ1) is 12.6. The molecule has 1 unspecified atom stereocenters. The van der Waals surface area contributed by atoms with Gasteiger partial charge in [0.25, 0.3) is 0 Å². The highest BCUT2D eigenvalue weighted by molar-refractivity contribution is 5.53. The molecule has 2 rings (SSSR count). The van der Waals surface area contributed by atoms with Crippen LogP contribution in [0.25, 0.3) is 0 Å². The first-order chi connectivity index (χ1) is 8.56. The quantitative estimate of drug-likeness (QED) is 0.882. The summed E-state index contributed by atoms with van der Waals surface area (Å²) >= 11 is 0. The number of rotatable bonds is 3. The van der Waals surface area contributed by atoms with Crippen LogP contribution in [0.3, 0.4) is 0 Å². The molecule has 2 aromatic rings. The molecule has 1 N–H and O–H groups in total. The van der Waals surface area contributed by atoms with Gasteiger partial charge in [-0.05, 0) is 44.5 Å². The second kappa shape index (κ2) is 5.17. The minimum absolute atomic E-state index is 0.0482. The molecule has 0 aliphatic rings. The summed E-state index contributed by atoms with van der Waals surface area (Å²) in [6.45, 7) is 6.15. The van der Waals surface area contributed by atoms with Crippen LogP contribution in [0.2, 0.25) is 0 Å². The lowest BCUT2D eigenvalue weighted by molar-refractivity contribution is 0.617. The van der Waals surface area contributed by atoms with E-state index >= 15 is 0 Å². The summed E-state index contributed by atoms with van der Waals surface area (Å²) in [5, 5.41) is 3.39. The highest BCUT2D eigenvalue weighted by Gasteiger charge is 2.08. The molecule has 94 valence electrons. The molecule has 0 saturated carbocycles. The van der Waals surface area contributed by atoms with Gasteiger partial charge in [-0.25, -0.2) is 4.39 Å². The third-order valence-electron chi connectivity index (χ3n) is 2.95. The number of halogens is 1. The molecule has 2 nitrogen and oxygen atoms in total. The summed E-state index contributed by atoms with van der Waals surface area (Å²) in [6, 6.07) is 9.45. The predicted molar refractivity (Wildman–Crippen MR) is 72.1 cm³/mol. The average Bonchev–Trinajstić information content (AvgIpc) is 2.33. The zero-order valence-corrected chi connectivity index (χ0v) is 10.9. The van der Waals surface area contributed by atoms with E-state index in [4.69, 9.17) is 0 Å². The van der Waals surface area contributed by atoms with Gasteiger partial charge in [0.1, 0.15) is 5.82 Å². The Bertz CT molecular complexity index is 535. The number of aryl methyl sites for hydroxylation is 2. The monoisotopic (exact) mass is 244 g/mol. The molecular formula is C15H17FN2. The van der Waals surface area contributed by atoms with Crippen molar-refractivity contribution >= 4 is 5.69 Å². The molecule has 0 amide bonds. The van der Waals surface area contributed by atoms with E-state index in [0.29, 0.717) is 0 Å². The van der Waals surface area contributed by atoms with Crippen molar-refractivity contribution in [2.75, 3.05) is 5.32 Å². The third-order valence-corrected chi connectivity index (χ3v) is 2.95. The maximum absolute atomic E-state index is 12.8. The SMILES string of the molecule is Cc1ccc(NC(C)c2ccc(F)cn2)c(C)c1. The van der Waals surface area contributed by atoms with Crippen LogP contribution in [-0.4, -0.2) is 4.98 Å². The summed E-state index contributed by atoms with van der Waals surface area (Å²) in [7, 11) is 0. The molecule has 0 aliphatic heterocycles. The van der Waals surface area contributed by atoms with Crippen LogP contribution in [0.15, 0.2) is 36.5 Å². The van der Waals surface area contributed by atoms with Gasteiger partial charge in [0, 0.05) is 5.69 Å². The summed E-state index contributed by atoms with van der Waals surface area (Å²) in [5.41, 5.74) is 4.35. The zero-order chi connectivity index (χ0) is 13.1. The van der Waals surface area contributed by atoms with Gasteiger partial charge in [0.15, 0.2) is 0 Å². The highest BCUT2D eigenvalue weighted by atomic mass is 19.1. The lowest BCUT2D eigenvalue weighted by Crippen LogP contribution is -2.09. The Morgan fingerprint density at radius 1 is 1.17 bits per heavy atom. The summed E-state index contributed by atoms with van der Waals surface area (Å²) < 4.78 is 12.8. The molecular weight excluding hydrogens is 227 g/mol. The molecule has 0 bridgehead atoms. The molecule has 0 fully saturated rings. The zero-order valence-electron chi connectivity index (χ0n) is 10.9. The van der Waals surface area contributed by atoms with E-state index in [-0.39, 0.29) is 11.9 Å². The minimum Gasteiger partial charge on any atom is -0.377 e. The van der Waals surface area contributed by atoms with E-state index in [2.05, 4.69) is 42.3 Å². The van der Waals surface area contributed by atoms with Crippen LogP contribution >= 0.6 is 0 Å². The number of benzene rings is 1. The van der Waals surface area contributed by atoms with E-state index in [1.54, 1.807) is 6.07 Å². The van der Waals surface area contributed by atoms with Crippen LogP contribution in [-0.2, 0) is 0 Å². The van der Waals surface area contributed by atoms with Crippen molar-refractivity contribution in [2.45, 2.75) is 26.8 Å². The topological polar surface area (TPSA) is 24.9 Å². The van der Waals surface area contributed by atoms with Crippen LogP contribution < -0.4 is 5.32 Å². The van der Waals surface area contributed by atoms with Gasteiger partial charge in [-0.15, -0.1) is 0 Å². The Morgan fingerprint density at radius 3 is 2.56 bits per heavy atom. The number of aromatic nitrogens is 1. The van der Waals surface area contributed by atoms with Crippen molar-refractivity contribution in [1.29, 1.82) is 0 Å². The van der Waals surface area contributed by atoms with Crippen molar-refractivity contribution < 1.29 is 4.39 Å². The fourth-order valence-corrected chi connectivity index (χ4v) is 1.93. The first-order valence-corrected chi connectivity index (χ1v) is 6.01. The van der Waals surface area contributed by atoms with Crippen LogP contribution in [0.1, 0.15) is 29.8 Å². The molecule has 0 radical (unpaired) electrons. The second-order valence-electron chi connectivity index (χ2n) is 4.59.